The summed E-state index contributed by atoms with van der Waals surface area (Å²) in [5, 5.41) is 4.40. The molecule has 1 aromatic heterocycles. The average molecular weight is 286 g/mol. The number of hydrogen-bond donors (Lipinski definition) is 1. The van der Waals surface area contributed by atoms with Gasteiger partial charge in [-0.1, -0.05) is 12.8 Å². The van der Waals surface area contributed by atoms with Gasteiger partial charge in [0.1, 0.15) is 0 Å². The second-order valence-corrected chi connectivity index (χ2v) is 5.84. The van der Waals surface area contributed by atoms with E-state index in [4.69, 9.17) is 5.73 Å². The summed E-state index contributed by atoms with van der Waals surface area (Å²) in [6, 6.07) is 0.496. The van der Waals surface area contributed by atoms with Gasteiger partial charge in [0, 0.05) is 6.04 Å². The van der Waals surface area contributed by atoms with Gasteiger partial charge in [0.05, 0.1) is 22.4 Å². The van der Waals surface area contributed by atoms with Crippen molar-refractivity contribution in [2.24, 2.45) is 11.7 Å². The van der Waals surface area contributed by atoms with Crippen molar-refractivity contribution in [1.29, 1.82) is 0 Å². The maximum Gasteiger partial charge on any atom is 0.0699 e. The van der Waals surface area contributed by atoms with Gasteiger partial charge < -0.3 is 5.73 Å². The molecule has 16 heavy (non-hydrogen) atoms. The lowest BCUT2D eigenvalue weighted by Gasteiger charge is -2.22. The van der Waals surface area contributed by atoms with Crippen molar-refractivity contribution in [3.05, 3.63) is 16.4 Å². The van der Waals surface area contributed by atoms with Crippen LogP contribution >= 0.6 is 15.9 Å². The maximum atomic E-state index is 6.39. The molecule has 1 atom stereocenters. The number of aromatic nitrogens is 2. The van der Waals surface area contributed by atoms with Crippen LogP contribution in [0.3, 0.4) is 0 Å². The molecule has 0 radical (unpaired) electrons. The van der Waals surface area contributed by atoms with Gasteiger partial charge in [0.2, 0.25) is 0 Å². The van der Waals surface area contributed by atoms with E-state index >= 15 is 0 Å². The predicted molar refractivity (Wildman–Crippen MR) is 69.2 cm³/mol. The molecular weight excluding hydrogens is 266 g/mol. The first-order chi connectivity index (χ1) is 7.61. The van der Waals surface area contributed by atoms with E-state index < -0.39 is 0 Å². The third-order valence-electron chi connectivity index (χ3n) is 3.50. The third-order valence-corrected chi connectivity index (χ3v) is 4.11. The summed E-state index contributed by atoms with van der Waals surface area (Å²) in [5.74, 6) is 0.630. The summed E-state index contributed by atoms with van der Waals surface area (Å²) >= 11 is 3.57. The van der Waals surface area contributed by atoms with Gasteiger partial charge in [-0.05, 0) is 48.5 Å². The Morgan fingerprint density at radius 1 is 1.44 bits per heavy atom. The Hall–Kier alpha value is -0.350. The standard InChI is InChI=1S/C12H20BrN3/c1-8(2)16-12(10(13)7-15-16)11(14)9-5-3-4-6-9/h7-9,11H,3-6,14H2,1-2H3. The molecule has 0 saturated heterocycles. The molecule has 1 saturated carbocycles. The fourth-order valence-corrected chi connectivity index (χ4v) is 3.15. The lowest BCUT2D eigenvalue weighted by molar-refractivity contribution is 0.396. The number of nitrogens with zero attached hydrogens (tertiary/aromatic N) is 2. The largest absolute Gasteiger partial charge is 0.322 e. The monoisotopic (exact) mass is 285 g/mol. The minimum Gasteiger partial charge on any atom is -0.322 e. The van der Waals surface area contributed by atoms with Gasteiger partial charge in [-0.15, -0.1) is 0 Å². The first-order valence-electron chi connectivity index (χ1n) is 6.09. The summed E-state index contributed by atoms with van der Waals surface area (Å²) in [5.41, 5.74) is 7.56. The Bertz CT molecular complexity index is 353. The van der Waals surface area contributed by atoms with Gasteiger partial charge in [-0.3, -0.25) is 4.68 Å². The minimum atomic E-state index is 0.127. The first kappa shape index (κ1) is 12.1. The van der Waals surface area contributed by atoms with Crippen LogP contribution in [0.5, 0.6) is 0 Å². The first-order valence-corrected chi connectivity index (χ1v) is 6.89. The van der Waals surface area contributed by atoms with Crippen molar-refractivity contribution in [3.8, 4) is 0 Å². The van der Waals surface area contributed by atoms with Gasteiger partial charge in [0.25, 0.3) is 0 Å². The topological polar surface area (TPSA) is 43.8 Å². The van der Waals surface area contributed by atoms with Crippen LogP contribution in [0.2, 0.25) is 0 Å². The van der Waals surface area contributed by atoms with E-state index in [0.29, 0.717) is 12.0 Å². The van der Waals surface area contributed by atoms with Crippen molar-refractivity contribution in [2.45, 2.75) is 51.6 Å². The van der Waals surface area contributed by atoms with Gasteiger partial charge in [-0.2, -0.15) is 5.10 Å². The molecular formula is C12H20BrN3. The molecule has 1 unspecified atom stereocenters. The van der Waals surface area contributed by atoms with Crippen molar-refractivity contribution >= 4 is 15.9 Å². The third kappa shape index (κ3) is 2.18. The summed E-state index contributed by atoms with van der Waals surface area (Å²) in [6.45, 7) is 4.29. The van der Waals surface area contributed by atoms with E-state index in [1.54, 1.807) is 0 Å². The summed E-state index contributed by atoms with van der Waals surface area (Å²) < 4.78 is 3.10. The molecule has 0 amide bonds. The zero-order chi connectivity index (χ0) is 11.7. The molecule has 0 spiro atoms. The van der Waals surface area contributed by atoms with Gasteiger partial charge >= 0.3 is 0 Å². The molecule has 1 heterocycles. The van der Waals surface area contributed by atoms with Crippen LogP contribution in [0, 0.1) is 5.92 Å². The Labute approximate surface area is 106 Å². The molecule has 0 aromatic carbocycles. The number of rotatable bonds is 3. The second kappa shape index (κ2) is 4.88. The van der Waals surface area contributed by atoms with E-state index in [0.717, 1.165) is 4.47 Å². The molecule has 1 aliphatic carbocycles. The zero-order valence-corrected chi connectivity index (χ0v) is 11.6. The minimum absolute atomic E-state index is 0.127. The Balaban J connectivity index is 2.27. The summed E-state index contributed by atoms with van der Waals surface area (Å²) in [4.78, 5) is 0. The highest BCUT2D eigenvalue weighted by molar-refractivity contribution is 9.10. The highest BCUT2D eigenvalue weighted by Crippen LogP contribution is 2.37. The Morgan fingerprint density at radius 2 is 2.06 bits per heavy atom. The van der Waals surface area contributed by atoms with Crippen LogP contribution < -0.4 is 5.73 Å². The fourth-order valence-electron chi connectivity index (χ4n) is 2.61. The quantitative estimate of drug-likeness (QED) is 0.925. The van der Waals surface area contributed by atoms with Crippen LogP contribution in [-0.2, 0) is 0 Å². The van der Waals surface area contributed by atoms with E-state index in [-0.39, 0.29) is 6.04 Å². The second-order valence-electron chi connectivity index (χ2n) is 4.99. The zero-order valence-electron chi connectivity index (χ0n) is 9.99. The van der Waals surface area contributed by atoms with Crippen LogP contribution in [0.25, 0.3) is 0 Å². The summed E-state index contributed by atoms with van der Waals surface area (Å²) in [7, 11) is 0. The molecule has 1 aromatic rings. The number of halogens is 1. The Kier molecular flexibility index (Phi) is 3.70. The predicted octanol–water partition coefficient (Wildman–Crippen LogP) is 3.42. The highest BCUT2D eigenvalue weighted by Gasteiger charge is 2.28. The van der Waals surface area contributed by atoms with Crippen molar-refractivity contribution in [2.75, 3.05) is 0 Å². The van der Waals surface area contributed by atoms with E-state index in [9.17, 15) is 0 Å². The van der Waals surface area contributed by atoms with E-state index in [1.807, 2.05) is 10.9 Å². The lowest BCUT2D eigenvalue weighted by Crippen LogP contribution is -2.24. The summed E-state index contributed by atoms with van der Waals surface area (Å²) in [6.07, 6.45) is 7.04. The lowest BCUT2D eigenvalue weighted by atomic mass is 9.96. The van der Waals surface area contributed by atoms with Crippen LogP contribution in [0.4, 0.5) is 0 Å². The molecule has 3 nitrogen and oxygen atoms in total. The fraction of sp³-hybridized carbons (Fsp3) is 0.750. The van der Waals surface area contributed by atoms with Crippen LogP contribution in [0.15, 0.2) is 10.7 Å². The molecule has 1 aliphatic rings. The maximum absolute atomic E-state index is 6.39. The molecule has 90 valence electrons. The number of nitrogens with two attached hydrogens (primary N) is 1. The Morgan fingerprint density at radius 3 is 2.62 bits per heavy atom. The normalized spacial score (nSPS) is 19.6. The van der Waals surface area contributed by atoms with E-state index in [1.165, 1.54) is 31.4 Å². The molecule has 4 heteroatoms. The highest BCUT2D eigenvalue weighted by atomic mass is 79.9. The van der Waals surface area contributed by atoms with Gasteiger partial charge in [-0.25, -0.2) is 0 Å². The van der Waals surface area contributed by atoms with Gasteiger partial charge in [0.15, 0.2) is 0 Å². The van der Waals surface area contributed by atoms with Crippen molar-refractivity contribution in [3.63, 3.8) is 0 Å². The smallest absolute Gasteiger partial charge is 0.0699 e. The van der Waals surface area contributed by atoms with E-state index in [2.05, 4.69) is 34.9 Å². The number of hydrogen-bond acceptors (Lipinski definition) is 2. The molecule has 2 rings (SSSR count). The van der Waals surface area contributed by atoms with Crippen molar-refractivity contribution in [1.82, 2.24) is 9.78 Å². The molecule has 2 N–H and O–H groups in total. The van der Waals surface area contributed by atoms with Crippen LogP contribution in [-0.4, -0.2) is 9.78 Å². The SMILES string of the molecule is CC(C)n1ncc(Br)c1C(N)C1CCCC1. The molecule has 0 bridgehead atoms. The molecule has 0 aliphatic heterocycles. The van der Waals surface area contributed by atoms with Crippen molar-refractivity contribution < 1.29 is 0 Å². The molecule has 1 fully saturated rings. The average Bonchev–Trinajstić information content (AvgIpc) is 2.84. The van der Waals surface area contributed by atoms with Crippen LogP contribution in [0.1, 0.15) is 57.3 Å².